The lowest BCUT2D eigenvalue weighted by atomic mass is 9.97. The van der Waals surface area contributed by atoms with Crippen molar-refractivity contribution >= 4 is 34.7 Å². The maximum atomic E-state index is 13.6. The number of carbonyl (C=O) groups is 2. The second-order valence-corrected chi connectivity index (χ2v) is 8.43. The van der Waals surface area contributed by atoms with E-state index in [0.29, 0.717) is 39.2 Å². The SMILES string of the molecule is COc1ccc(C2=C(N3CCC(C)CC3)C(=O)N(c3cc(Cl)ccc3C)C2=O)cc1. The fourth-order valence-corrected chi connectivity index (χ4v) is 4.27. The molecule has 0 unspecified atom stereocenters. The summed E-state index contributed by atoms with van der Waals surface area (Å²) < 4.78 is 5.25. The third-order valence-electron chi connectivity index (χ3n) is 5.95. The number of hydrogen-bond donors (Lipinski definition) is 0. The van der Waals surface area contributed by atoms with Crippen LogP contribution in [0.4, 0.5) is 5.69 Å². The molecule has 2 aliphatic heterocycles. The first-order chi connectivity index (χ1) is 14.4. The van der Waals surface area contributed by atoms with Gasteiger partial charge in [0.15, 0.2) is 0 Å². The molecule has 0 radical (unpaired) electrons. The van der Waals surface area contributed by atoms with E-state index in [1.165, 1.54) is 4.90 Å². The lowest BCUT2D eigenvalue weighted by Gasteiger charge is -2.32. The molecule has 1 saturated heterocycles. The molecule has 0 atom stereocenters. The molecule has 2 amide bonds. The molecule has 0 N–H and O–H groups in total. The fraction of sp³-hybridized carbons (Fsp3) is 0.333. The monoisotopic (exact) mass is 424 g/mol. The van der Waals surface area contributed by atoms with Crippen molar-refractivity contribution in [2.75, 3.05) is 25.1 Å². The zero-order valence-corrected chi connectivity index (χ0v) is 18.2. The van der Waals surface area contributed by atoms with Crippen molar-refractivity contribution in [3.8, 4) is 5.75 Å². The number of piperidine rings is 1. The summed E-state index contributed by atoms with van der Waals surface area (Å²) in [5.41, 5.74) is 2.99. The number of anilines is 1. The number of nitrogens with zero attached hydrogens (tertiary/aromatic N) is 2. The Hall–Kier alpha value is -2.79. The van der Waals surface area contributed by atoms with E-state index in [-0.39, 0.29) is 11.8 Å². The molecule has 0 spiro atoms. The minimum Gasteiger partial charge on any atom is -0.497 e. The Morgan fingerprint density at radius 2 is 1.67 bits per heavy atom. The molecule has 6 heteroatoms. The van der Waals surface area contributed by atoms with Crippen molar-refractivity contribution in [3.05, 3.63) is 64.3 Å². The van der Waals surface area contributed by atoms with Crippen molar-refractivity contribution in [2.24, 2.45) is 5.92 Å². The largest absolute Gasteiger partial charge is 0.497 e. The van der Waals surface area contributed by atoms with Crippen LogP contribution in [0.3, 0.4) is 0 Å². The fourth-order valence-electron chi connectivity index (χ4n) is 4.10. The molecule has 0 bridgehead atoms. The molecule has 2 aromatic rings. The van der Waals surface area contributed by atoms with Crippen LogP contribution in [0.25, 0.3) is 5.57 Å². The number of rotatable bonds is 4. The molecule has 0 aromatic heterocycles. The van der Waals surface area contributed by atoms with Crippen LogP contribution < -0.4 is 9.64 Å². The van der Waals surface area contributed by atoms with Crippen molar-refractivity contribution in [3.63, 3.8) is 0 Å². The van der Waals surface area contributed by atoms with Crippen molar-refractivity contribution in [2.45, 2.75) is 26.7 Å². The highest BCUT2D eigenvalue weighted by molar-refractivity contribution is 6.45. The van der Waals surface area contributed by atoms with E-state index in [2.05, 4.69) is 11.8 Å². The topological polar surface area (TPSA) is 49.9 Å². The smallest absolute Gasteiger partial charge is 0.282 e. The van der Waals surface area contributed by atoms with Crippen LogP contribution in [0.1, 0.15) is 30.9 Å². The van der Waals surface area contributed by atoms with Gasteiger partial charge in [-0.1, -0.05) is 36.7 Å². The Morgan fingerprint density at radius 3 is 2.30 bits per heavy atom. The number of halogens is 1. The first kappa shape index (κ1) is 20.5. The molecule has 156 valence electrons. The van der Waals surface area contributed by atoms with E-state index in [4.69, 9.17) is 16.3 Å². The van der Waals surface area contributed by atoms with Crippen LogP contribution in [0.15, 0.2) is 48.2 Å². The molecular weight excluding hydrogens is 400 g/mol. The molecule has 0 aliphatic carbocycles. The molecule has 4 rings (SSSR count). The van der Waals surface area contributed by atoms with E-state index < -0.39 is 0 Å². The quantitative estimate of drug-likeness (QED) is 0.669. The van der Waals surface area contributed by atoms with Crippen LogP contribution >= 0.6 is 11.6 Å². The zero-order chi connectivity index (χ0) is 21.4. The van der Waals surface area contributed by atoms with Gasteiger partial charge >= 0.3 is 0 Å². The van der Waals surface area contributed by atoms with Crippen molar-refractivity contribution < 1.29 is 14.3 Å². The minimum atomic E-state index is -0.316. The first-order valence-corrected chi connectivity index (χ1v) is 10.6. The van der Waals surface area contributed by atoms with Crippen LogP contribution in [0, 0.1) is 12.8 Å². The second kappa shape index (κ2) is 8.15. The van der Waals surface area contributed by atoms with Gasteiger partial charge in [0.1, 0.15) is 11.4 Å². The second-order valence-electron chi connectivity index (χ2n) is 8.00. The Morgan fingerprint density at radius 1 is 1.00 bits per heavy atom. The number of ether oxygens (including phenoxy) is 1. The van der Waals surface area contributed by atoms with E-state index in [0.717, 1.165) is 31.5 Å². The Bertz CT molecular complexity index is 1020. The van der Waals surface area contributed by atoms with Gasteiger partial charge in [-0.3, -0.25) is 9.59 Å². The van der Waals surface area contributed by atoms with Gasteiger partial charge in [0.2, 0.25) is 0 Å². The van der Waals surface area contributed by atoms with Gasteiger partial charge < -0.3 is 9.64 Å². The Kier molecular flexibility index (Phi) is 5.56. The predicted molar refractivity (Wildman–Crippen MR) is 119 cm³/mol. The lowest BCUT2D eigenvalue weighted by molar-refractivity contribution is -0.120. The number of methoxy groups -OCH3 is 1. The van der Waals surface area contributed by atoms with Gasteiger partial charge in [-0.15, -0.1) is 0 Å². The maximum absolute atomic E-state index is 13.6. The average Bonchev–Trinajstić information content (AvgIpc) is 3.00. The van der Waals surface area contributed by atoms with Gasteiger partial charge in [-0.25, -0.2) is 4.90 Å². The standard InChI is InChI=1S/C24H25ClN2O3/c1-15-10-12-26(13-11-15)22-21(17-5-8-19(30-3)9-6-17)23(28)27(24(22)29)20-14-18(25)7-4-16(20)2/h4-9,14-15H,10-13H2,1-3H3. The molecule has 0 saturated carbocycles. The summed E-state index contributed by atoms with van der Waals surface area (Å²) >= 11 is 6.19. The number of likely N-dealkylation sites (tertiary alicyclic amines) is 1. The summed E-state index contributed by atoms with van der Waals surface area (Å²) in [5.74, 6) is 0.715. The van der Waals surface area contributed by atoms with Crippen LogP contribution in [0.2, 0.25) is 5.02 Å². The highest BCUT2D eigenvalue weighted by Crippen LogP contribution is 2.38. The molecule has 2 aliphatic rings. The molecular formula is C24H25ClN2O3. The first-order valence-electron chi connectivity index (χ1n) is 10.2. The molecule has 5 nitrogen and oxygen atoms in total. The van der Waals surface area contributed by atoms with E-state index in [9.17, 15) is 9.59 Å². The van der Waals surface area contributed by atoms with Crippen molar-refractivity contribution in [1.82, 2.24) is 4.90 Å². The number of carbonyl (C=O) groups excluding carboxylic acids is 2. The summed E-state index contributed by atoms with van der Waals surface area (Å²) in [5, 5.41) is 0.488. The summed E-state index contributed by atoms with van der Waals surface area (Å²) in [6.07, 6.45) is 1.99. The molecule has 2 heterocycles. The molecule has 1 fully saturated rings. The van der Waals surface area contributed by atoms with Gasteiger partial charge in [-0.2, -0.15) is 0 Å². The number of benzene rings is 2. The van der Waals surface area contributed by atoms with Crippen LogP contribution in [-0.4, -0.2) is 36.9 Å². The third kappa shape index (κ3) is 3.58. The van der Waals surface area contributed by atoms with Crippen LogP contribution in [-0.2, 0) is 9.59 Å². The number of imide groups is 1. The van der Waals surface area contributed by atoms with E-state index in [1.54, 1.807) is 19.2 Å². The van der Waals surface area contributed by atoms with E-state index >= 15 is 0 Å². The molecule has 2 aromatic carbocycles. The average molecular weight is 425 g/mol. The lowest BCUT2D eigenvalue weighted by Crippen LogP contribution is -2.38. The van der Waals surface area contributed by atoms with Gasteiger partial charge in [0.05, 0.1) is 18.4 Å². The summed E-state index contributed by atoms with van der Waals surface area (Å²) in [7, 11) is 1.60. The number of amides is 2. The highest BCUT2D eigenvalue weighted by atomic mass is 35.5. The van der Waals surface area contributed by atoms with Gasteiger partial charge in [-0.05, 0) is 61.1 Å². The predicted octanol–water partition coefficient (Wildman–Crippen LogP) is 4.67. The Labute approximate surface area is 181 Å². The summed E-state index contributed by atoms with van der Waals surface area (Å²) in [4.78, 5) is 30.5. The van der Waals surface area contributed by atoms with Crippen LogP contribution in [0.5, 0.6) is 5.75 Å². The van der Waals surface area contributed by atoms with Gasteiger partial charge in [0.25, 0.3) is 11.8 Å². The third-order valence-corrected chi connectivity index (χ3v) is 6.19. The number of aryl methyl sites for hydroxylation is 1. The van der Waals surface area contributed by atoms with Gasteiger partial charge in [0, 0.05) is 18.1 Å². The zero-order valence-electron chi connectivity index (χ0n) is 17.4. The summed E-state index contributed by atoms with van der Waals surface area (Å²) in [6.45, 7) is 5.62. The number of hydrogen-bond acceptors (Lipinski definition) is 4. The minimum absolute atomic E-state index is 0.286. The highest BCUT2D eigenvalue weighted by Gasteiger charge is 2.43. The summed E-state index contributed by atoms with van der Waals surface area (Å²) in [6, 6.07) is 12.6. The Balaban J connectivity index is 1.82. The van der Waals surface area contributed by atoms with Crippen molar-refractivity contribution in [1.29, 1.82) is 0 Å². The molecule has 30 heavy (non-hydrogen) atoms. The normalized spacial score (nSPS) is 17.9. The maximum Gasteiger partial charge on any atom is 0.282 e. The van der Waals surface area contributed by atoms with E-state index in [1.807, 2.05) is 37.3 Å².